The average Bonchev–Trinajstić information content (AvgIpc) is 2.73. The van der Waals surface area contributed by atoms with E-state index < -0.39 is 0 Å². The summed E-state index contributed by atoms with van der Waals surface area (Å²) in [6.07, 6.45) is 0. The highest BCUT2D eigenvalue weighted by molar-refractivity contribution is 6.33. The van der Waals surface area contributed by atoms with Gasteiger partial charge in [-0.2, -0.15) is 0 Å². The topological polar surface area (TPSA) is 51.2 Å². The van der Waals surface area contributed by atoms with Crippen LogP contribution in [-0.2, 0) is 0 Å². The van der Waals surface area contributed by atoms with Crippen LogP contribution in [0.4, 0.5) is 5.69 Å². The van der Waals surface area contributed by atoms with Gasteiger partial charge in [0.2, 0.25) is 0 Å². The second-order valence-corrected chi connectivity index (χ2v) is 7.12. The third kappa shape index (κ3) is 3.80. The summed E-state index contributed by atoms with van der Waals surface area (Å²) in [4.78, 5) is 18.0. The van der Waals surface area contributed by atoms with Crippen LogP contribution in [0.15, 0.2) is 72.8 Å². The molecule has 0 radical (unpaired) electrons. The summed E-state index contributed by atoms with van der Waals surface area (Å²) in [6.45, 7) is 1.99. The molecule has 3 aromatic carbocycles. The minimum Gasteiger partial charge on any atom is -0.495 e. The van der Waals surface area contributed by atoms with Crippen LogP contribution < -0.4 is 10.1 Å². The number of nitrogens with zero attached hydrogens (tertiary/aromatic N) is 1. The van der Waals surface area contributed by atoms with E-state index in [1.807, 2.05) is 61.5 Å². The number of methoxy groups -OCH3 is 1. The summed E-state index contributed by atoms with van der Waals surface area (Å²) in [5, 5.41) is 4.33. The maximum absolute atomic E-state index is 13.2. The molecule has 1 amide bonds. The molecule has 144 valence electrons. The van der Waals surface area contributed by atoms with Crippen molar-refractivity contribution in [3.8, 4) is 17.0 Å². The molecular weight excluding hydrogens is 384 g/mol. The van der Waals surface area contributed by atoms with E-state index in [0.717, 1.165) is 22.0 Å². The van der Waals surface area contributed by atoms with E-state index in [9.17, 15) is 4.79 Å². The van der Waals surface area contributed by atoms with Gasteiger partial charge < -0.3 is 10.1 Å². The first-order valence-electron chi connectivity index (χ1n) is 9.17. The van der Waals surface area contributed by atoms with Crippen molar-refractivity contribution in [2.24, 2.45) is 0 Å². The molecule has 0 saturated heterocycles. The Labute approximate surface area is 174 Å². The predicted molar refractivity (Wildman–Crippen MR) is 118 cm³/mol. The minimum absolute atomic E-state index is 0.235. The van der Waals surface area contributed by atoms with Crippen LogP contribution in [-0.4, -0.2) is 18.0 Å². The molecule has 0 spiro atoms. The molecule has 0 saturated carbocycles. The smallest absolute Gasteiger partial charge is 0.256 e. The van der Waals surface area contributed by atoms with E-state index in [2.05, 4.69) is 5.32 Å². The predicted octanol–water partition coefficient (Wildman–Crippen LogP) is 6.12. The molecule has 4 aromatic rings. The van der Waals surface area contributed by atoms with Gasteiger partial charge in [0.25, 0.3) is 5.91 Å². The number of carbonyl (C=O) groups excluding carboxylic acids is 1. The van der Waals surface area contributed by atoms with Gasteiger partial charge in [-0.15, -0.1) is 0 Å². The number of aromatic nitrogens is 1. The standard InChI is InChI=1S/C24H19ClN2O2/c1-15-11-12-20-17(13-15)18(14-22(26-20)16-7-3-4-8-19(16)25)24(28)27-21-9-5-6-10-23(21)29-2/h3-14H,1-2H3,(H,27,28). The first-order valence-corrected chi connectivity index (χ1v) is 9.55. The average molecular weight is 403 g/mol. The number of pyridine rings is 1. The lowest BCUT2D eigenvalue weighted by molar-refractivity contribution is 0.102. The number of para-hydroxylation sites is 2. The van der Waals surface area contributed by atoms with Gasteiger partial charge in [-0.3, -0.25) is 4.79 Å². The lowest BCUT2D eigenvalue weighted by atomic mass is 10.0. The van der Waals surface area contributed by atoms with Crippen molar-refractivity contribution in [2.45, 2.75) is 6.92 Å². The number of benzene rings is 3. The maximum Gasteiger partial charge on any atom is 0.256 e. The first kappa shape index (κ1) is 19.0. The SMILES string of the molecule is COc1ccccc1NC(=O)c1cc(-c2ccccc2Cl)nc2ccc(C)cc12. The molecule has 29 heavy (non-hydrogen) atoms. The van der Waals surface area contributed by atoms with Crippen LogP contribution in [0.1, 0.15) is 15.9 Å². The number of hydrogen-bond donors (Lipinski definition) is 1. The normalized spacial score (nSPS) is 10.7. The highest BCUT2D eigenvalue weighted by atomic mass is 35.5. The van der Waals surface area contributed by atoms with Crippen molar-refractivity contribution in [2.75, 3.05) is 12.4 Å². The summed E-state index contributed by atoms with van der Waals surface area (Å²) in [6, 6.07) is 22.4. The Morgan fingerprint density at radius 2 is 1.76 bits per heavy atom. The number of anilines is 1. The Morgan fingerprint density at radius 1 is 1.00 bits per heavy atom. The zero-order valence-electron chi connectivity index (χ0n) is 16.1. The van der Waals surface area contributed by atoms with Gasteiger partial charge in [0.05, 0.1) is 29.6 Å². The maximum atomic E-state index is 13.2. The van der Waals surface area contributed by atoms with Crippen LogP contribution >= 0.6 is 11.6 Å². The molecule has 5 heteroatoms. The Bertz CT molecular complexity index is 1220. The Kier molecular flexibility index (Phi) is 5.19. The quantitative estimate of drug-likeness (QED) is 0.447. The van der Waals surface area contributed by atoms with E-state index in [1.54, 1.807) is 25.3 Å². The van der Waals surface area contributed by atoms with Gasteiger partial charge in [-0.25, -0.2) is 4.98 Å². The molecule has 1 heterocycles. The van der Waals surface area contributed by atoms with E-state index >= 15 is 0 Å². The number of halogens is 1. The van der Waals surface area contributed by atoms with Gasteiger partial charge in [-0.1, -0.05) is 53.6 Å². The van der Waals surface area contributed by atoms with Gasteiger partial charge in [0.15, 0.2) is 0 Å². The molecule has 0 aliphatic carbocycles. The second-order valence-electron chi connectivity index (χ2n) is 6.71. The summed E-state index contributed by atoms with van der Waals surface area (Å²) in [5.74, 6) is 0.363. The largest absolute Gasteiger partial charge is 0.495 e. The Balaban J connectivity index is 1.86. The number of aryl methyl sites for hydroxylation is 1. The molecule has 1 aromatic heterocycles. The molecule has 0 fully saturated rings. The van der Waals surface area contributed by atoms with Gasteiger partial charge >= 0.3 is 0 Å². The fourth-order valence-electron chi connectivity index (χ4n) is 3.27. The number of hydrogen-bond acceptors (Lipinski definition) is 3. The van der Waals surface area contributed by atoms with E-state index in [-0.39, 0.29) is 5.91 Å². The van der Waals surface area contributed by atoms with Gasteiger partial charge in [0.1, 0.15) is 5.75 Å². The van der Waals surface area contributed by atoms with Crippen molar-refractivity contribution in [1.29, 1.82) is 0 Å². The van der Waals surface area contributed by atoms with E-state index in [4.69, 9.17) is 21.3 Å². The van der Waals surface area contributed by atoms with E-state index in [1.165, 1.54) is 0 Å². The summed E-state index contributed by atoms with van der Waals surface area (Å²) in [7, 11) is 1.58. The van der Waals surface area contributed by atoms with Gasteiger partial charge in [-0.05, 0) is 43.3 Å². The third-order valence-corrected chi connectivity index (χ3v) is 5.04. The molecule has 0 unspecified atom stereocenters. The fourth-order valence-corrected chi connectivity index (χ4v) is 3.50. The van der Waals surface area contributed by atoms with E-state index in [0.29, 0.717) is 27.7 Å². The number of rotatable bonds is 4. The molecule has 0 bridgehead atoms. The molecule has 0 atom stereocenters. The van der Waals surface area contributed by atoms with Crippen molar-refractivity contribution in [3.05, 3.63) is 88.9 Å². The molecule has 0 aliphatic rings. The van der Waals surface area contributed by atoms with Crippen LogP contribution in [0.25, 0.3) is 22.2 Å². The van der Waals surface area contributed by atoms with Crippen LogP contribution in [0.5, 0.6) is 5.75 Å². The van der Waals surface area contributed by atoms with Crippen LogP contribution in [0.3, 0.4) is 0 Å². The highest BCUT2D eigenvalue weighted by Gasteiger charge is 2.17. The number of amides is 1. The third-order valence-electron chi connectivity index (χ3n) is 4.71. The molecule has 1 N–H and O–H groups in total. The summed E-state index contributed by atoms with van der Waals surface area (Å²) < 4.78 is 5.35. The number of fused-ring (bicyclic) bond motifs is 1. The number of carbonyl (C=O) groups is 1. The van der Waals surface area contributed by atoms with Crippen LogP contribution in [0, 0.1) is 6.92 Å². The highest BCUT2D eigenvalue weighted by Crippen LogP contribution is 2.31. The molecular formula is C24H19ClN2O2. The number of nitrogens with one attached hydrogen (secondary N) is 1. The fraction of sp³-hybridized carbons (Fsp3) is 0.0833. The van der Waals surface area contributed by atoms with Gasteiger partial charge in [0, 0.05) is 16.0 Å². The van der Waals surface area contributed by atoms with Crippen molar-refractivity contribution < 1.29 is 9.53 Å². The summed E-state index contributed by atoms with van der Waals surface area (Å²) >= 11 is 6.38. The zero-order valence-corrected chi connectivity index (χ0v) is 16.8. The van der Waals surface area contributed by atoms with Crippen molar-refractivity contribution in [1.82, 2.24) is 4.98 Å². The number of ether oxygens (including phenoxy) is 1. The lowest BCUT2D eigenvalue weighted by Gasteiger charge is -2.13. The Hall–Kier alpha value is -3.37. The van der Waals surface area contributed by atoms with Crippen LogP contribution in [0.2, 0.25) is 5.02 Å². The summed E-state index contributed by atoms with van der Waals surface area (Å²) in [5.41, 5.74) is 4.35. The molecule has 4 rings (SSSR count). The lowest BCUT2D eigenvalue weighted by Crippen LogP contribution is -2.14. The molecule has 4 nitrogen and oxygen atoms in total. The second kappa shape index (κ2) is 7.94. The Morgan fingerprint density at radius 3 is 2.55 bits per heavy atom. The first-order chi connectivity index (χ1) is 14.1. The van der Waals surface area contributed by atoms with Crippen molar-refractivity contribution >= 4 is 34.1 Å². The molecule has 0 aliphatic heterocycles. The van der Waals surface area contributed by atoms with Crippen molar-refractivity contribution in [3.63, 3.8) is 0 Å². The monoisotopic (exact) mass is 402 g/mol. The zero-order chi connectivity index (χ0) is 20.4. The minimum atomic E-state index is -0.235.